The molecular formula is C17H17F2NO2S. The van der Waals surface area contributed by atoms with Gasteiger partial charge in [-0.2, -0.15) is 0 Å². The number of hydrogen-bond acceptors (Lipinski definition) is 3. The topological polar surface area (TPSA) is 49.3 Å². The van der Waals surface area contributed by atoms with Crippen molar-refractivity contribution in [3.63, 3.8) is 0 Å². The number of thiophene rings is 1. The van der Waals surface area contributed by atoms with E-state index in [-0.39, 0.29) is 11.5 Å². The molecule has 1 heterocycles. The minimum Gasteiger partial charge on any atom is -0.386 e. The third kappa shape index (κ3) is 3.28. The Morgan fingerprint density at radius 3 is 2.74 bits per heavy atom. The molecule has 0 saturated carbocycles. The number of aliphatic hydroxyl groups excluding tert-OH is 1. The monoisotopic (exact) mass is 337 g/mol. The second-order valence-electron chi connectivity index (χ2n) is 5.79. The summed E-state index contributed by atoms with van der Waals surface area (Å²) >= 11 is 1.48. The zero-order chi connectivity index (χ0) is 16.6. The molecule has 0 bridgehead atoms. The first-order valence-corrected chi connectivity index (χ1v) is 8.33. The number of carbonyl (C=O) groups is 1. The highest BCUT2D eigenvalue weighted by atomic mass is 32.1. The molecule has 3 rings (SSSR count). The van der Waals surface area contributed by atoms with E-state index in [0.717, 1.165) is 31.4 Å². The minimum absolute atomic E-state index is 0.227. The van der Waals surface area contributed by atoms with Gasteiger partial charge in [-0.3, -0.25) is 4.79 Å². The number of amides is 1. The molecule has 0 fully saturated rings. The Morgan fingerprint density at radius 1 is 1.26 bits per heavy atom. The highest BCUT2D eigenvalue weighted by Gasteiger charge is 2.23. The normalized spacial score (nSPS) is 16.0. The smallest absolute Gasteiger partial charge is 0.261 e. The number of aliphatic hydroxyl groups is 1. The van der Waals surface area contributed by atoms with Gasteiger partial charge in [0.05, 0.1) is 17.0 Å². The molecule has 2 N–H and O–H groups in total. The Labute approximate surface area is 137 Å². The van der Waals surface area contributed by atoms with Crippen molar-refractivity contribution in [1.29, 1.82) is 0 Å². The van der Waals surface area contributed by atoms with Crippen LogP contribution < -0.4 is 5.32 Å². The Hall–Kier alpha value is -1.79. The average molecular weight is 337 g/mol. The molecule has 2 aromatic rings. The lowest BCUT2D eigenvalue weighted by atomic mass is 10.0. The van der Waals surface area contributed by atoms with Gasteiger partial charge < -0.3 is 10.4 Å². The molecule has 1 aliphatic carbocycles. The van der Waals surface area contributed by atoms with E-state index in [0.29, 0.717) is 4.88 Å². The summed E-state index contributed by atoms with van der Waals surface area (Å²) in [6, 6.07) is 4.50. The van der Waals surface area contributed by atoms with E-state index in [2.05, 4.69) is 5.32 Å². The van der Waals surface area contributed by atoms with Crippen LogP contribution in [0.4, 0.5) is 8.78 Å². The molecule has 1 amide bonds. The first-order valence-electron chi connectivity index (χ1n) is 7.51. The lowest BCUT2D eigenvalue weighted by Crippen LogP contribution is -2.36. The van der Waals surface area contributed by atoms with Crippen LogP contribution in [0.3, 0.4) is 0 Å². The van der Waals surface area contributed by atoms with Crippen molar-refractivity contribution in [2.75, 3.05) is 0 Å². The van der Waals surface area contributed by atoms with Crippen molar-refractivity contribution in [3.8, 4) is 0 Å². The van der Waals surface area contributed by atoms with E-state index in [1.165, 1.54) is 27.8 Å². The van der Waals surface area contributed by atoms with Crippen molar-refractivity contribution in [2.45, 2.75) is 38.3 Å². The SMILES string of the molecule is CC(NC(=O)c1cc2c(s1)CCC2)C(O)c1ccc(F)c(F)c1. The van der Waals surface area contributed by atoms with Crippen LogP contribution >= 0.6 is 11.3 Å². The minimum atomic E-state index is -1.11. The molecule has 3 nitrogen and oxygen atoms in total. The molecule has 0 aliphatic heterocycles. The van der Waals surface area contributed by atoms with Crippen molar-refractivity contribution >= 4 is 17.2 Å². The molecular weight excluding hydrogens is 320 g/mol. The molecule has 2 atom stereocenters. The summed E-state index contributed by atoms with van der Waals surface area (Å²) in [7, 11) is 0. The molecule has 122 valence electrons. The molecule has 0 saturated heterocycles. The fourth-order valence-corrected chi connectivity index (χ4v) is 3.94. The largest absolute Gasteiger partial charge is 0.386 e. The maximum Gasteiger partial charge on any atom is 0.261 e. The van der Waals surface area contributed by atoms with E-state index in [4.69, 9.17) is 0 Å². The van der Waals surface area contributed by atoms with E-state index in [1.54, 1.807) is 6.92 Å². The van der Waals surface area contributed by atoms with Gasteiger partial charge in [0.15, 0.2) is 11.6 Å². The van der Waals surface area contributed by atoms with Gasteiger partial charge in [-0.1, -0.05) is 6.07 Å². The number of hydrogen-bond donors (Lipinski definition) is 2. The summed E-state index contributed by atoms with van der Waals surface area (Å²) in [5.41, 5.74) is 1.46. The molecule has 1 aromatic heterocycles. The van der Waals surface area contributed by atoms with Gasteiger partial charge in [-0.05, 0) is 55.5 Å². The van der Waals surface area contributed by atoms with Crippen molar-refractivity contribution in [2.24, 2.45) is 0 Å². The summed E-state index contributed by atoms with van der Waals surface area (Å²) in [6.45, 7) is 1.63. The number of carbonyl (C=O) groups excluding carboxylic acids is 1. The first kappa shape index (κ1) is 16.1. The number of rotatable bonds is 4. The van der Waals surface area contributed by atoms with E-state index in [1.807, 2.05) is 6.07 Å². The Morgan fingerprint density at radius 2 is 2.04 bits per heavy atom. The van der Waals surface area contributed by atoms with Crippen LogP contribution in [0, 0.1) is 11.6 Å². The van der Waals surface area contributed by atoms with Crippen LogP contribution in [0.15, 0.2) is 24.3 Å². The molecule has 0 spiro atoms. The van der Waals surface area contributed by atoms with E-state index >= 15 is 0 Å². The zero-order valence-electron chi connectivity index (χ0n) is 12.6. The number of nitrogens with one attached hydrogen (secondary N) is 1. The van der Waals surface area contributed by atoms with Gasteiger partial charge in [-0.15, -0.1) is 11.3 Å². The van der Waals surface area contributed by atoms with Gasteiger partial charge in [0.25, 0.3) is 5.91 Å². The van der Waals surface area contributed by atoms with Crippen molar-refractivity contribution in [3.05, 3.63) is 56.8 Å². The Balaban J connectivity index is 1.68. The summed E-state index contributed by atoms with van der Waals surface area (Å²) in [4.78, 5) is 14.1. The Bertz CT molecular complexity index is 723. The summed E-state index contributed by atoms with van der Waals surface area (Å²) in [5.74, 6) is -2.24. The molecule has 1 aliphatic rings. The van der Waals surface area contributed by atoms with E-state index in [9.17, 15) is 18.7 Å². The van der Waals surface area contributed by atoms with Crippen molar-refractivity contribution < 1.29 is 18.7 Å². The number of halogens is 2. The number of benzene rings is 1. The number of fused-ring (bicyclic) bond motifs is 1. The van der Waals surface area contributed by atoms with Crippen LogP contribution in [0.1, 0.15) is 45.1 Å². The standard InChI is InChI=1S/C17H17F2NO2S/c1-9(16(21)11-5-6-12(18)13(19)7-11)20-17(22)15-8-10-3-2-4-14(10)23-15/h5-9,16,21H,2-4H2,1H3,(H,20,22). The fourth-order valence-electron chi connectivity index (χ4n) is 2.78. The fraction of sp³-hybridized carbons (Fsp3) is 0.353. The molecule has 1 aromatic carbocycles. The van der Waals surface area contributed by atoms with Crippen LogP contribution in [-0.2, 0) is 12.8 Å². The van der Waals surface area contributed by atoms with Gasteiger partial charge >= 0.3 is 0 Å². The van der Waals surface area contributed by atoms with Crippen molar-refractivity contribution in [1.82, 2.24) is 5.32 Å². The second-order valence-corrected chi connectivity index (χ2v) is 6.93. The van der Waals surface area contributed by atoms with Gasteiger partial charge in [0.2, 0.25) is 0 Å². The molecule has 6 heteroatoms. The maximum absolute atomic E-state index is 13.3. The summed E-state index contributed by atoms with van der Waals surface area (Å²) in [5, 5.41) is 12.9. The zero-order valence-corrected chi connectivity index (χ0v) is 13.4. The summed E-state index contributed by atoms with van der Waals surface area (Å²) in [6.07, 6.45) is 2.04. The number of aryl methyl sites for hydroxylation is 2. The average Bonchev–Trinajstić information content (AvgIpc) is 3.10. The Kier molecular flexibility index (Phi) is 4.46. The van der Waals surface area contributed by atoms with Crippen LogP contribution in [0.2, 0.25) is 0 Å². The van der Waals surface area contributed by atoms with Gasteiger partial charge in [0, 0.05) is 4.88 Å². The van der Waals surface area contributed by atoms with Crippen LogP contribution in [0.25, 0.3) is 0 Å². The van der Waals surface area contributed by atoms with Gasteiger partial charge in [0.1, 0.15) is 0 Å². The molecule has 23 heavy (non-hydrogen) atoms. The lowest BCUT2D eigenvalue weighted by molar-refractivity contribution is 0.0855. The third-order valence-electron chi connectivity index (χ3n) is 4.09. The maximum atomic E-state index is 13.3. The highest BCUT2D eigenvalue weighted by molar-refractivity contribution is 7.14. The first-order chi connectivity index (χ1) is 11.0. The summed E-state index contributed by atoms with van der Waals surface area (Å²) < 4.78 is 26.2. The van der Waals surface area contributed by atoms with Gasteiger partial charge in [-0.25, -0.2) is 8.78 Å². The quantitative estimate of drug-likeness (QED) is 0.899. The highest BCUT2D eigenvalue weighted by Crippen LogP contribution is 2.30. The molecule has 2 unspecified atom stereocenters. The van der Waals surface area contributed by atoms with Crippen LogP contribution in [0.5, 0.6) is 0 Å². The predicted molar refractivity (Wildman–Crippen MR) is 84.6 cm³/mol. The predicted octanol–water partition coefficient (Wildman–Crippen LogP) is 3.37. The molecule has 0 radical (unpaired) electrons. The lowest BCUT2D eigenvalue weighted by Gasteiger charge is -2.20. The second kappa shape index (κ2) is 6.37. The third-order valence-corrected chi connectivity index (χ3v) is 5.32. The van der Waals surface area contributed by atoms with E-state index < -0.39 is 23.8 Å². The van der Waals surface area contributed by atoms with Crippen LogP contribution in [-0.4, -0.2) is 17.1 Å².